The summed E-state index contributed by atoms with van der Waals surface area (Å²) in [6.07, 6.45) is 1.85. The van der Waals surface area contributed by atoms with Gasteiger partial charge in [-0.2, -0.15) is 0 Å². The molecule has 6 heteroatoms. The fourth-order valence-electron chi connectivity index (χ4n) is 2.32. The molecule has 2 N–H and O–H groups in total. The van der Waals surface area contributed by atoms with E-state index >= 15 is 0 Å². The zero-order chi connectivity index (χ0) is 16.4. The van der Waals surface area contributed by atoms with Crippen LogP contribution >= 0.6 is 15.9 Å². The minimum absolute atomic E-state index is 0.0919. The smallest absolute Gasteiger partial charge is 0.251 e. The molecular weight excluding hydrogens is 358 g/mol. The lowest BCUT2D eigenvalue weighted by Crippen LogP contribution is -2.14. The average molecular weight is 372 g/mol. The second kappa shape index (κ2) is 6.34. The Bertz CT molecular complexity index is 933. The molecule has 0 unspecified atom stereocenters. The third-order valence-corrected chi connectivity index (χ3v) is 3.94. The number of amides is 1. The van der Waals surface area contributed by atoms with Gasteiger partial charge in [0, 0.05) is 11.1 Å². The van der Waals surface area contributed by atoms with Gasteiger partial charge in [0.1, 0.15) is 4.60 Å². The molecule has 1 aromatic carbocycles. The second-order valence-electron chi connectivity index (χ2n) is 5.30. The number of H-pyrrole nitrogens is 1. The van der Waals surface area contributed by atoms with Gasteiger partial charge in [0.25, 0.3) is 5.56 Å². The van der Waals surface area contributed by atoms with Crippen molar-refractivity contribution in [2.75, 3.05) is 5.32 Å². The van der Waals surface area contributed by atoms with Gasteiger partial charge >= 0.3 is 0 Å². The highest BCUT2D eigenvalue weighted by Crippen LogP contribution is 2.15. The van der Waals surface area contributed by atoms with Gasteiger partial charge in [-0.3, -0.25) is 9.59 Å². The predicted molar refractivity (Wildman–Crippen MR) is 93.6 cm³/mol. The van der Waals surface area contributed by atoms with E-state index in [1.54, 1.807) is 25.3 Å². The van der Waals surface area contributed by atoms with E-state index in [-0.39, 0.29) is 17.9 Å². The first kappa shape index (κ1) is 15.4. The van der Waals surface area contributed by atoms with Crippen LogP contribution < -0.4 is 10.9 Å². The van der Waals surface area contributed by atoms with Crippen LogP contribution in [0.2, 0.25) is 0 Å². The number of fused-ring (bicyclic) bond motifs is 1. The number of aromatic amines is 1. The van der Waals surface area contributed by atoms with Crippen LogP contribution in [-0.4, -0.2) is 15.9 Å². The summed E-state index contributed by atoms with van der Waals surface area (Å²) in [7, 11) is 0. The molecule has 0 aliphatic rings. The lowest BCUT2D eigenvalue weighted by atomic mass is 10.1. The molecule has 0 bridgehead atoms. The minimum atomic E-state index is -0.116. The SMILES string of the molecule is Cc1cc2cc(CC(=O)Nc3ccc(Br)nc3)ccc2[nH]c1=O. The first-order valence-electron chi connectivity index (χ1n) is 7.05. The van der Waals surface area contributed by atoms with Gasteiger partial charge < -0.3 is 10.3 Å². The van der Waals surface area contributed by atoms with Gasteiger partial charge in [-0.15, -0.1) is 0 Å². The highest BCUT2D eigenvalue weighted by Gasteiger charge is 2.06. The van der Waals surface area contributed by atoms with Crippen molar-refractivity contribution in [3.05, 3.63) is 68.7 Å². The average Bonchev–Trinajstić information content (AvgIpc) is 2.51. The largest absolute Gasteiger partial charge is 0.324 e. The monoisotopic (exact) mass is 371 g/mol. The molecule has 0 spiro atoms. The number of anilines is 1. The lowest BCUT2D eigenvalue weighted by molar-refractivity contribution is -0.115. The summed E-state index contributed by atoms with van der Waals surface area (Å²) < 4.78 is 0.717. The molecule has 0 radical (unpaired) electrons. The topological polar surface area (TPSA) is 74.8 Å². The van der Waals surface area contributed by atoms with Gasteiger partial charge in [0.05, 0.1) is 18.3 Å². The Morgan fingerprint density at radius 1 is 1.26 bits per heavy atom. The summed E-state index contributed by atoms with van der Waals surface area (Å²) in [5.41, 5.74) is 2.86. The first-order valence-corrected chi connectivity index (χ1v) is 7.84. The van der Waals surface area contributed by atoms with E-state index in [1.165, 1.54) is 0 Å². The molecule has 3 rings (SSSR count). The number of carbonyl (C=O) groups is 1. The normalized spacial score (nSPS) is 10.7. The van der Waals surface area contributed by atoms with Crippen LogP contribution in [0, 0.1) is 6.92 Å². The van der Waals surface area contributed by atoms with Gasteiger partial charge in [-0.1, -0.05) is 6.07 Å². The van der Waals surface area contributed by atoms with Crippen molar-refractivity contribution in [3.8, 4) is 0 Å². The number of pyridine rings is 2. The number of hydrogen-bond donors (Lipinski definition) is 2. The number of carbonyl (C=O) groups excluding carboxylic acids is 1. The summed E-state index contributed by atoms with van der Waals surface area (Å²) in [5, 5.41) is 3.72. The van der Waals surface area contributed by atoms with E-state index in [2.05, 4.69) is 31.2 Å². The number of hydrogen-bond acceptors (Lipinski definition) is 3. The summed E-state index contributed by atoms with van der Waals surface area (Å²) in [6, 6.07) is 11.0. The Morgan fingerprint density at radius 2 is 2.09 bits per heavy atom. The summed E-state index contributed by atoms with van der Waals surface area (Å²) >= 11 is 3.25. The third-order valence-electron chi connectivity index (χ3n) is 3.47. The van der Waals surface area contributed by atoms with Gasteiger partial charge in [-0.25, -0.2) is 4.98 Å². The highest BCUT2D eigenvalue weighted by molar-refractivity contribution is 9.10. The van der Waals surface area contributed by atoms with Crippen molar-refractivity contribution in [2.45, 2.75) is 13.3 Å². The van der Waals surface area contributed by atoms with Gasteiger partial charge in [0.2, 0.25) is 5.91 Å². The van der Waals surface area contributed by atoms with Crippen molar-refractivity contribution >= 4 is 38.4 Å². The molecule has 1 amide bonds. The highest BCUT2D eigenvalue weighted by atomic mass is 79.9. The Kier molecular flexibility index (Phi) is 4.25. The zero-order valence-electron chi connectivity index (χ0n) is 12.4. The van der Waals surface area contributed by atoms with E-state index in [9.17, 15) is 9.59 Å². The third kappa shape index (κ3) is 3.65. The molecule has 116 valence electrons. The maximum absolute atomic E-state index is 12.1. The molecular formula is C17H14BrN3O2. The van der Waals surface area contributed by atoms with Gasteiger partial charge in [0.15, 0.2) is 0 Å². The second-order valence-corrected chi connectivity index (χ2v) is 6.11. The molecule has 3 aromatic rings. The molecule has 2 aromatic heterocycles. The van der Waals surface area contributed by atoms with Crippen LogP contribution in [0.15, 0.2) is 52.0 Å². The molecule has 0 aliphatic heterocycles. The van der Waals surface area contributed by atoms with Crippen molar-refractivity contribution < 1.29 is 4.79 Å². The van der Waals surface area contributed by atoms with E-state index in [4.69, 9.17) is 0 Å². The molecule has 0 saturated carbocycles. The van der Waals surface area contributed by atoms with E-state index in [0.717, 1.165) is 21.1 Å². The van der Waals surface area contributed by atoms with Crippen LogP contribution in [0.1, 0.15) is 11.1 Å². The molecule has 0 saturated heterocycles. The van der Waals surface area contributed by atoms with E-state index < -0.39 is 0 Å². The molecule has 0 atom stereocenters. The number of nitrogens with zero attached hydrogens (tertiary/aromatic N) is 1. The van der Waals surface area contributed by atoms with Crippen LogP contribution in [0.5, 0.6) is 0 Å². The summed E-state index contributed by atoms with van der Waals surface area (Å²) in [6.45, 7) is 1.76. The van der Waals surface area contributed by atoms with E-state index in [0.29, 0.717) is 11.3 Å². The fraction of sp³-hybridized carbons (Fsp3) is 0.118. The number of halogens is 1. The Labute approximate surface area is 140 Å². The van der Waals surface area contributed by atoms with Crippen molar-refractivity contribution in [1.82, 2.24) is 9.97 Å². The number of rotatable bonds is 3. The standard InChI is InChI=1S/C17H14BrN3O2/c1-10-6-12-7-11(2-4-14(12)21-17(10)23)8-16(22)20-13-3-5-15(18)19-9-13/h2-7,9H,8H2,1H3,(H,20,22)(H,21,23). The molecule has 2 heterocycles. The number of aryl methyl sites for hydroxylation is 1. The molecule has 0 fully saturated rings. The van der Waals surface area contributed by atoms with E-state index in [1.807, 2.05) is 24.3 Å². The van der Waals surface area contributed by atoms with Crippen molar-refractivity contribution in [3.63, 3.8) is 0 Å². The van der Waals surface area contributed by atoms with Crippen LogP contribution in [-0.2, 0) is 11.2 Å². The Morgan fingerprint density at radius 3 is 2.83 bits per heavy atom. The zero-order valence-corrected chi connectivity index (χ0v) is 14.0. The maximum Gasteiger partial charge on any atom is 0.251 e. The molecule has 5 nitrogen and oxygen atoms in total. The summed E-state index contributed by atoms with van der Waals surface area (Å²) in [5.74, 6) is -0.116. The fourth-order valence-corrected chi connectivity index (χ4v) is 2.55. The number of nitrogens with one attached hydrogen (secondary N) is 2. The van der Waals surface area contributed by atoms with Crippen LogP contribution in [0.4, 0.5) is 5.69 Å². The minimum Gasteiger partial charge on any atom is -0.324 e. The number of aromatic nitrogens is 2. The predicted octanol–water partition coefficient (Wildman–Crippen LogP) is 3.18. The van der Waals surface area contributed by atoms with Crippen molar-refractivity contribution in [1.29, 1.82) is 0 Å². The maximum atomic E-state index is 12.1. The van der Waals surface area contributed by atoms with Gasteiger partial charge in [-0.05, 0) is 64.1 Å². The summed E-state index contributed by atoms with van der Waals surface area (Å²) in [4.78, 5) is 30.6. The molecule has 23 heavy (non-hydrogen) atoms. The first-order chi connectivity index (χ1) is 11.0. The molecule has 0 aliphatic carbocycles. The van der Waals surface area contributed by atoms with Crippen LogP contribution in [0.25, 0.3) is 10.9 Å². The van der Waals surface area contributed by atoms with Crippen LogP contribution in [0.3, 0.4) is 0 Å². The van der Waals surface area contributed by atoms with Crippen molar-refractivity contribution in [2.24, 2.45) is 0 Å². The number of benzene rings is 1. The lowest BCUT2D eigenvalue weighted by Gasteiger charge is -2.06. The quantitative estimate of drug-likeness (QED) is 0.694. The Balaban J connectivity index is 1.78. The Hall–Kier alpha value is -2.47.